The van der Waals surface area contributed by atoms with Gasteiger partial charge in [0, 0.05) is 43.3 Å². The van der Waals surface area contributed by atoms with Crippen molar-refractivity contribution in [2.75, 3.05) is 26.2 Å². The van der Waals surface area contributed by atoms with E-state index >= 15 is 0 Å². The zero-order valence-electron chi connectivity index (χ0n) is 16.8. The summed E-state index contributed by atoms with van der Waals surface area (Å²) in [5.74, 6) is 0.293. The lowest BCUT2D eigenvalue weighted by atomic mass is 9.94. The van der Waals surface area contributed by atoms with E-state index in [1.54, 1.807) is 11.0 Å². The van der Waals surface area contributed by atoms with Gasteiger partial charge in [-0.3, -0.25) is 9.59 Å². The summed E-state index contributed by atoms with van der Waals surface area (Å²) in [5, 5.41) is 0.231. The Morgan fingerprint density at radius 2 is 1.76 bits per heavy atom. The molecule has 7 nitrogen and oxygen atoms in total. The van der Waals surface area contributed by atoms with Crippen LogP contribution in [-0.2, 0) is 10.0 Å². The van der Waals surface area contributed by atoms with Gasteiger partial charge >= 0.3 is 0 Å². The highest BCUT2D eigenvalue weighted by Gasteiger charge is 2.32. The number of aromatic amines is 1. The molecule has 2 saturated heterocycles. The van der Waals surface area contributed by atoms with Crippen molar-refractivity contribution >= 4 is 26.8 Å². The van der Waals surface area contributed by atoms with E-state index in [2.05, 4.69) is 18.8 Å². The number of fused-ring (bicyclic) bond motifs is 1. The number of piperidine rings is 1. The second-order valence-electron chi connectivity index (χ2n) is 8.51. The molecular formula is C21H27N3O4S. The Labute approximate surface area is 170 Å². The molecule has 0 saturated carbocycles. The van der Waals surface area contributed by atoms with Crippen molar-refractivity contribution < 1.29 is 13.2 Å². The van der Waals surface area contributed by atoms with E-state index in [4.69, 9.17) is 0 Å². The Bertz CT molecular complexity index is 1090. The highest BCUT2D eigenvalue weighted by Crippen LogP contribution is 2.27. The summed E-state index contributed by atoms with van der Waals surface area (Å²) in [7, 11) is -3.70. The second-order valence-corrected chi connectivity index (χ2v) is 10.4. The van der Waals surface area contributed by atoms with Crippen molar-refractivity contribution in [2.24, 2.45) is 11.8 Å². The SMILES string of the molecule is CC1CC(C)CN(S(=O)(=O)c2ccc3[nH]cc(C(=O)N4CCCC4)c(=O)c3c2)C1. The number of rotatable bonds is 3. The summed E-state index contributed by atoms with van der Waals surface area (Å²) in [6.07, 6.45) is 4.32. The fourth-order valence-corrected chi connectivity index (χ4v) is 6.26. The Morgan fingerprint density at radius 1 is 1.10 bits per heavy atom. The van der Waals surface area contributed by atoms with Crippen LogP contribution in [0.3, 0.4) is 0 Å². The van der Waals surface area contributed by atoms with Crippen LogP contribution in [0.25, 0.3) is 10.9 Å². The number of nitrogens with one attached hydrogen (secondary N) is 1. The molecule has 1 aromatic heterocycles. The Morgan fingerprint density at radius 3 is 2.41 bits per heavy atom. The van der Waals surface area contributed by atoms with Gasteiger partial charge in [-0.2, -0.15) is 4.31 Å². The van der Waals surface area contributed by atoms with Crippen LogP contribution < -0.4 is 5.43 Å². The Balaban J connectivity index is 1.74. The summed E-state index contributed by atoms with van der Waals surface area (Å²) in [6, 6.07) is 4.54. The molecule has 8 heteroatoms. The summed E-state index contributed by atoms with van der Waals surface area (Å²) in [6.45, 7) is 6.37. The van der Waals surface area contributed by atoms with Crippen molar-refractivity contribution in [3.63, 3.8) is 0 Å². The molecule has 1 amide bonds. The fourth-order valence-electron chi connectivity index (χ4n) is 4.56. The van der Waals surface area contributed by atoms with Crippen molar-refractivity contribution in [3.05, 3.63) is 40.2 Å². The molecule has 2 aliphatic rings. The van der Waals surface area contributed by atoms with Gasteiger partial charge in [0.15, 0.2) is 0 Å². The van der Waals surface area contributed by atoms with Gasteiger partial charge in [0.2, 0.25) is 15.5 Å². The Hall–Kier alpha value is -2.19. The highest BCUT2D eigenvalue weighted by molar-refractivity contribution is 7.89. The van der Waals surface area contributed by atoms with E-state index in [1.807, 2.05) is 0 Å². The highest BCUT2D eigenvalue weighted by atomic mass is 32.2. The van der Waals surface area contributed by atoms with Gasteiger partial charge < -0.3 is 9.88 Å². The number of likely N-dealkylation sites (tertiary alicyclic amines) is 1. The van der Waals surface area contributed by atoms with E-state index < -0.39 is 15.5 Å². The fraction of sp³-hybridized carbons (Fsp3) is 0.524. The maximum atomic E-state index is 13.2. The summed E-state index contributed by atoms with van der Waals surface area (Å²) in [5.41, 5.74) is 0.162. The standard InChI is InChI=1S/C21H27N3O4S/c1-14-9-15(2)13-24(12-14)29(27,28)16-5-6-19-17(10-16)20(25)18(11-22-19)21(26)23-7-3-4-8-23/h5-6,10-11,14-15H,3-4,7-9,12-13H2,1-2H3,(H,22,25). The molecule has 2 aromatic rings. The minimum Gasteiger partial charge on any atom is -0.360 e. The molecule has 2 atom stereocenters. The van der Waals surface area contributed by atoms with Crippen molar-refractivity contribution in [1.29, 1.82) is 0 Å². The molecule has 2 fully saturated rings. The minimum atomic E-state index is -3.70. The number of nitrogens with zero attached hydrogens (tertiary/aromatic N) is 2. The van der Waals surface area contributed by atoms with E-state index in [-0.39, 0.29) is 21.8 Å². The van der Waals surface area contributed by atoms with E-state index in [9.17, 15) is 18.0 Å². The molecule has 1 aromatic carbocycles. The summed E-state index contributed by atoms with van der Waals surface area (Å²) in [4.78, 5) is 30.5. The maximum absolute atomic E-state index is 13.2. The third-order valence-electron chi connectivity index (χ3n) is 5.95. The zero-order valence-corrected chi connectivity index (χ0v) is 17.7. The molecule has 0 radical (unpaired) electrons. The molecule has 156 valence electrons. The van der Waals surface area contributed by atoms with Gasteiger partial charge in [-0.1, -0.05) is 13.8 Å². The molecule has 4 rings (SSSR count). The number of H-pyrrole nitrogens is 1. The number of aromatic nitrogens is 1. The molecule has 0 spiro atoms. The number of sulfonamides is 1. The van der Waals surface area contributed by atoms with Gasteiger partial charge in [-0.05, 0) is 49.3 Å². The monoisotopic (exact) mass is 417 g/mol. The largest absolute Gasteiger partial charge is 0.360 e. The molecule has 29 heavy (non-hydrogen) atoms. The topological polar surface area (TPSA) is 90.6 Å². The smallest absolute Gasteiger partial charge is 0.259 e. The lowest BCUT2D eigenvalue weighted by Gasteiger charge is -2.34. The van der Waals surface area contributed by atoms with Crippen LogP contribution in [0.2, 0.25) is 0 Å². The maximum Gasteiger partial charge on any atom is 0.259 e. The van der Waals surface area contributed by atoms with Gasteiger partial charge in [-0.25, -0.2) is 8.42 Å². The normalized spacial score (nSPS) is 23.6. The van der Waals surface area contributed by atoms with Crippen LogP contribution in [0.5, 0.6) is 0 Å². The third-order valence-corrected chi connectivity index (χ3v) is 7.78. The van der Waals surface area contributed by atoms with E-state index in [0.29, 0.717) is 43.5 Å². The van der Waals surface area contributed by atoms with Crippen LogP contribution in [0.1, 0.15) is 43.5 Å². The number of amides is 1. The predicted molar refractivity (Wildman–Crippen MR) is 111 cm³/mol. The van der Waals surface area contributed by atoms with Crippen molar-refractivity contribution in [1.82, 2.24) is 14.2 Å². The van der Waals surface area contributed by atoms with Crippen LogP contribution >= 0.6 is 0 Å². The van der Waals surface area contributed by atoms with Crippen molar-refractivity contribution in [2.45, 2.75) is 38.0 Å². The number of carbonyl (C=O) groups excluding carboxylic acids is 1. The zero-order chi connectivity index (χ0) is 20.8. The van der Waals surface area contributed by atoms with Crippen molar-refractivity contribution in [3.8, 4) is 0 Å². The number of pyridine rings is 1. The average molecular weight is 418 g/mol. The van der Waals surface area contributed by atoms with Gasteiger partial charge in [0.1, 0.15) is 5.56 Å². The molecule has 1 N–H and O–H groups in total. The van der Waals surface area contributed by atoms with Crippen LogP contribution in [0, 0.1) is 11.8 Å². The van der Waals surface area contributed by atoms with E-state index in [1.165, 1.54) is 22.6 Å². The summed E-state index contributed by atoms with van der Waals surface area (Å²) >= 11 is 0. The van der Waals surface area contributed by atoms with Crippen LogP contribution in [0.15, 0.2) is 34.1 Å². The minimum absolute atomic E-state index is 0.0640. The lowest BCUT2D eigenvalue weighted by molar-refractivity contribution is 0.0791. The molecular weight excluding hydrogens is 390 g/mol. The first-order valence-corrected chi connectivity index (χ1v) is 11.7. The van der Waals surface area contributed by atoms with Crippen LogP contribution in [0.4, 0.5) is 0 Å². The number of hydrogen-bond donors (Lipinski definition) is 1. The lowest BCUT2D eigenvalue weighted by Crippen LogP contribution is -2.42. The third kappa shape index (κ3) is 3.71. The average Bonchev–Trinajstić information content (AvgIpc) is 3.21. The van der Waals surface area contributed by atoms with E-state index in [0.717, 1.165) is 19.3 Å². The number of carbonyl (C=O) groups is 1. The first kappa shape index (κ1) is 20.1. The molecule has 0 aliphatic carbocycles. The van der Waals surface area contributed by atoms with Gasteiger partial charge in [-0.15, -0.1) is 0 Å². The van der Waals surface area contributed by atoms with Gasteiger partial charge in [0.25, 0.3) is 5.91 Å². The predicted octanol–water partition coefficient (Wildman–Crippen LogP) is 2.43. The molecule has 2 aliphatic heterocycles. The first-order chi connectivity index (χ1) is 13.8. The van der Waals surface area contributed by atoms with Crippen LogP contribution in [-0.4, -0.2) is 54.7 Å². The quantitative estimate of drug-likeness (QED) is 0.830. The second kappa shape index (κ2) is 7.57. The molecule has 3 heterocycles. The number of hydrogen-bond acceptors (Lipinski definition) is 4. The molecule has 2 unspecified atom stereocenters. The van der Waals surface area contributed by atoms with Gasteiger partial charge in [0.05, 0.1) is 4.90 Å². The molecule has 0 bridgehead atoms. The Kier molecular flexibility index (Phi) is 5.25. The number of benzene rings is 1. The summed E-state index contributed by atoms with van der Waals surface area (Å²) < 4.78 is 27.9. The first-order valence-electron chi connectivity index (χ1n) is 10.2.